The molecule has 0 spiro atoms. The number of halogens is 4. The Morgan fingerprint density at radius 3 is 2.63 bits per heavy atom. The number of esters is 1. The molecule has 0 aliphatic heterocycles. The number of H-pyrrole nitrogens is 1. The van der Waals surface area contributed by atoms with Crippen molar-refractivity contribution in [3.63, 3.8) is 0 Å². The molecule has 3 aromatic rings. The Hall–Kier alpha value is -2.28. The van der Waals surface area contributed by atoms with Crippen molar-refractivity contribution in [2.45, 2.75) is 39.8 Å². The first kappa shape index (κ1) is 19.5. The smallest absolute Gasteiger partial charge is 0.417 e. The monoisotopic (exact) mass is 398 g/mol. The summed E-state index contributed by atoms with van der Waals surface area (Å²) in [6, 6.07) is 2.32. The van der Waals surface area contributed by atoms with Crippen LogP contribution in [0.5, 0.6) is 0 Å². The van der Waals surface area contributed by atoms with Crippen LogP contribution in [0.3, 0.4) is 0 Å². The number of ether oxygens (including phenoxy) is 1. The van der Waals surface area contributed by atoms with Crippen molar-refractivity contribution < 1.29 is 22.7 Å². The van der Waals surface area contributed by atoms with Gasteiger partial charge >= 0.3 is 12.1 Å². The molecule has 1 aromatic carbocycles. The number of aromatic nitrogens is 2. The van der Waals surface area contributed by atoms with E-state index < -0.39 is 11.7 Å². The van der Waals surface area contributed by atoms with Gasteiger partial charge in [0.2, 0.25) is 0 Å². The quantitative estimate of drug-likeness (QED) is 0.590. The topological polar surface area (TPSA) is 55.0 Å². The maximum Gasteiger partial charge on any atom is 0.417 e. The van der Waals surface area contributed by atoms with Crippen molar-refractivity contribution in [3.8, 4) is 0 Å². The summed E-state index contributed by atoms with van der Waals surface area (Å²) >= 11 is 5.89. The normalized spacial score (nSPS) is 12.1. The van der Waals surface area contributed by atoms with E-state index in [4.69, 9.17) is 16.3 Å². The van der Waals surface area contributed by atoms with Crippen LogP contribution in [0, 0.1) is 13.8 Å². The predicted molar refractivity (Wildman–Crippen MR) is 98.0 cm³/mol. The first-order valence-electron chi connectivity index (χ1n) is 8.47. The van der Waals surface area contributed by atoms with Gasteiger partial charge in [-0.2, -0.15) is 13.2 Å². The van der Waals surface area contributed by atoms with Crippen LogP contribution in [0.2, 0.25) is 5.02 Å². The maximum atomic E-state index is 13.1. The summed E-state index contributed by atoms with van der Waals surface area (Å²) in [4.78, 5) is 19.1. The average molecular weight is 399 g/mol. The van der Waals surface area contributed by atoms with Crippen LogP contribution < -0.4 is 0 Å². The molecular formula is C19H18ClF3N2O2. The molecule has 0 bridgehead atoms. The molecule has 0 amide bonds. The van der Waals surface area contributed by atoms with E-state index in [1.807, 2.05) is 13.8 Å². The fraction of sp³-hybridized carbons (Fsp3) is 0.368. The standard InChI is InChI=1S/C19H18ClF3N2O2/c1-4-27-16(26)6-5-11-9(2)17-12-7-14(20)13(19(21,22)23)8-15(12)25-18(17)24-10(11)3/h7-8H,4-6H2,1-3H3,(H,24,25). The summed E-state index contributed by atoms with van der Waals surface area (Å²) in [6.07, 6.45) is -3.88. The first-order chi connectivity index (χ1) is 12.6. The number of aromatic amines is 1. The van der Waals surface area contributed by atoms with Gasteiger partial charge < -0.3 is 9.72 Å². The van der Waals surface area contributed by atoms with Gasteiger partial charge in [-0.1, -0.05) is 11.6 Å². The molecule has 0 radical (unpaired) electrons. The first-order valence-corrected chi connectivity index (χ1v) is 8.85. The van der Waals surface area contributed by atoms with Crippen LogP contribution in [0.25, 0.3) is 21.9 Å². The lowest BCUT2D eigenvalue weighted by Crippen LogP contribution is -2.07. The molecule has 8 heteroatoms. The van der Waals surface area contributed by atoms with Crippen LogP contribution in [0.1, 0.15) is 35.7 Å². The number of pyridine rings is 1. The Bertz CT molecular complexity index is 1040. The maximum absolute atomic E-state index is 13.1. The van der Waals surface area contributed by atoms with Gasteiger partial charge in [0, 0.05) is 28.4 Å². The number of nitrogens with one attached hydrogen (secondary N) is 1. The predicted octanol–water partition coefficient (Wildman–Crippen LogP) is 5.50. The van der Waals surface area contributed by atoms with Gasteiger partial charge in [0.25, 0.3) is 0 Å². The minimum Gasteiger partial charge on any atom is -0.466 e. The molecule has 27 heavy (non-hydrogen) atoms. The SMILES string of the molecule is CCOC(=O)CCc1c(C)nc2[nH]c3cc(C(F)(F)F)c(Cl)cc3c2c1C. The van der Waals surface area contributed by atoms with E-state index in [-0.39, 0.29) is 17.4 Å². The van der Waals surface area contributed by atoms with Gasteiger partial charge in [0.1, 0.15) is 5.65 Å². The molecule has 0 saturated heterocycles. The summed E-state index contributed by atoms with van der Waals surface area (Å²) in [5.41, 5.74) is 2.39. The van der Waals surface area contributed by atoms with Crippen molar-refractivity contribution in [2.75, 3.05) is 6.61 Å². The highest BCUT2D eigenvalue weighted by Gasteiger charge is 2.34. The molecule has 0 fully saturated rings. The number of hydrogen-bond acceptors (Lipinski definition) is 3. The number of fused-ring (bicyclic) bond motifs is 3. The molecule has 0 aliphatic carbocycles. The average Bonchev–Trinajstić information content (AvgIpc) is 2.90. The second kappa shape index (κ2) is 7.03. The lowest BCUT2D eigenvalue weighted by molar-refractivity contribution is -0.143. The van der Waals surface area contributed by atoms with Crippen molar-refractivity contribution in [3.05, 3.63) is 39.5 Å². The fourth-order valence-electron chi connectivity index (χ4n) is 3.37. The molecule has 1 N–H and O–H groups in total. The third-order valence-corrected chi connectivity index (χ3v) is 4.91. The highest BCUT2D eigenvalue weighted by atomic mass is 35.5. The second-order valence-corrected chi connectivity index (χ2v) is 6.74. The van der Waals surface area contributed by atoms with Gasteiger partial charge in [-0.3, -0.25) is 4.79 Å². The summed E-state index contributed by atoms with van der Waals surface area (Å²) in [6.45, 7) is 5.74. The zero-order valence-electron chi connectivity index (χ0n) is 15.1. The number of carbonyl (C=O) groups is 1. The van der Waals surface area contributed by atoms with E-state index >= 15 is 0 Å². The van der Waals surface area contributed by atoms with Crippen molar-refractivity contribution in [1.29, 1.82) is 0 Å². The summed E-state index contributed by atoms with van der Waals surface area (Å²) < 4.78 is 44.3. The number of aryl methyl sites for hydroxylation is 2. The number of nitrogens with zero attached hydrogens (tertiary/aromatic N) is 1. The summed E-state index contributed by atoms with van der Waals surface area (Å²) in [5, 5.41) is 0.930. The van der Waals surface area contributed by atoms with Crippen LogP contribution in [0.15, 0.2) is 12.1 Å². The number of carbonyl (C=O) groups excluding carboxylic acids is 1. The molecule has 144 valence electrons. The number of rotatable bonds is 4. The molecule has 2 heterocycles. The van der Waals surface area contributed by atoms with E-state index in [1.54, 1.807) is 6.92 Å². The second-order valence-electron chi connectivity index (χ2n) is 6.33. The molecular weight excluding hydrogens is 381 g/mol. The summed E-state index contributed by atoms with van der Waals surface area (Å²) in [5.74, 6) is -0.298. The van der Waals surface area contributed by atoms with E-state index in [0.717, 1.165) is 22.9 Å². The largest absolute Gasteiger partial charge is 0.466 e. The van der Waals surface area contributed by atoms with E-state index in [1.165, 1.54) is 6.07 Å². The van der Waals surface area contributed by atoms with Crippen LogP contribution in [0.4, 0.5) is 13.2 Å². The molecule has 0 aliphatic rings. The number of hydrogen-bond donors (Lipinski definition) is 1. The van der Waals surface area contributed by atoms with Gasteiger partial charge in [-0.25, -0.2) is 4.98 Å². The lowest BCUT2D eigenvalue weighted by Gasteiger charge is -2.11. The number of benzene rings is 1. The Labute approximate surface area is 158 Å². The fourth-order valence-corrected chi connectivity index (χ4v) is 3.64. The van der Waals surface area contributed by atoms with Gasteiger partial charge in [0.15, 0.2) is 0 Å². The van der Waals surface area contributed by atoms with E-state index in [2.05, 4.69) is 9.97 Å². The Morgan fingerprint density at radius 2 is 2.00 bits per heavy atom. The van der Waals surface area contributed by atoms with Crippen LogP contribution >= 0.6 is 11.6 Å². The molecule has 2 aromatic heterocycles. The van der Waals surface area contributed by atoms with Crippen LogP contribution in [-0.4, -0.2) is 22.5 Å². The third-order valence-electron chi connectivity index (χ3n) is 4.60. The lowest BCUT2D eigenvalue weighted by atomic mass is 9.98. The van der Waals surface area contributed by atoms with Gasteiger partial charge in [-0.05, 0) is 50.5 Å². The van der Waals surface area contributed by atoms with Crippen LogP contribution in [-0.2, 0) is 22.1 Å². The number of alkyl halides is 3. The molecule has 0 unspecified atom stereocenters. The Kier molecular flexibility index (Phi) is 5.08. The third kappa shape index (κ3) is 3.60. The van der Waals surface area contributed by atoms with E-state index in [0.29, 0.717) is 35.0 Å². The van der Waals surface area contributed by atoms with Crippen molar-refractivity contribution in [1.82, 2.24) is 9.97 Å². The minimum atomic E-state index is -4.54. The highest BCUT2D eigenvalue weighted by Crippen LogP contribution is 2.39. The Balaban J connectivity index is 2.15. The van der Waals surface area contributed by atoms with Crippen molar-refractivity contribution >= 4 is 39.5 Å². The molecule has 0 saturated carbocycles. The molecule has 3 rings (SSSR count). The molecule has 4 nitrogen and oxygen atoms in total. The Morgan fingerprint density at radius 1 is 1.30 bits per heavy atom. The molecule has 0 atom stereocenters. The van der Waals surface area contributed by atoms with Crippen molar-refractivity contribution in [2.24, 2.45) is 0 Å². The zero-order valence-corrected chi connectivity index (χ0v) is 15.8. The van der Waals surface area contributed by atoms with Gasteiger partial charge in [-0.15, -0.1) is 0 Å². The van der Waals surface area contributed by atoms with Gasteiger partial charge in [0.05, 0.1) is 17.2 Å². The highest BCUT2D eigenvalue weighted by molar-refractivity contribution is 6.32. The van der Waals surface area contributed by atoms with E-state index in [9.17, 15) is 18.0 Å². The zero-order chi connectivity index (χ0) is 19.9. The minimum absolute atomic E-state index is 0.212. The summed E-state index contributed by atoms with van der Waals surface area (Å²) in [7, 11) is 0.